The lowest BCUT2D eigenvalue weighted by molar-refractivity contribution is 0.0688. The molecule has 6 heteroatoms. The first kappa shape index (κ1) is 11.6. The van der Waals surface area contributed by atoms with E-state index in [0.29, 0.717) is 5.13 Å². The number of imidazole rings is 1. The lowest BCUT2D eigenvalue weighted by atomic mass is 10.2. The topological polar surface area (TPSA) is 68.0 Å². The summed E-state index contributed by atoms with van der Waals surface area (Å²) < 4.78 is 1.47. The van der Waals surface area contributed by atoms with Gasteiger partial charge >= 0.3 is 5.97 Å². The molecule has 0 amide bonds. The van der Waals surface area contributed by atoms with Gasteiger partial charge in [0.2, 0.25) is 0 Å². The Morgan fingerprint density at radius 3 is 2.74 bits per heavy atom. The summed E-state index contributed by atoms with van der Waals surface area (Å²) in [5.41, 5.74) is 1.16. The first-order valence-corrected chi connectivity index (χ1v) is 6.34. The van der Waals surface area contributed by atoms with Gasteiger partial charge in [-0.2, -0.15) is 0 Å². The normalized spacial score (nSPS) is 10.5. The second-order valence-corrected chi connectivity index (χ2v) is 4.84. The van der Waals surface area contributed by atoms with Gasteiger partial charge in [-0.05, 0) is 5.56 Å². The maximum atomic E-state index is 11.0. The van der Waals surface area contributed by atoms with E-state index in [1.165, 1.54) is 28.4 Å². The molecule has 1 N–H and O–H groups in total. The second-order valence-electron chi connectivity index (χ2n) is 3.83. The average Bonchev–Trinajstić information content (AvgIpc) is 3.08. The lowest BCUT2D eigenvalue weighted by Gasteiger charge is -1.99. The van der Waals surface area contributed by atoms with Crippen LogP contribution >= 0.6 is 11.3 Å². The van der Waals surface area contributed by atoms with Crippen molar-refractivity contribution in [1.29, 1.82) is 0 Å². The highest BCUT2D eigenvalue weighted by Crippen LogP contribution is 2.28. The summed E-state index contributed by atoms with van der Waals surface area (Å²) in [6, 6.07) is 9.83. The zero-order valence-electron chi connectivity index (χ0n) is 9.72. The third-order valence-corrected chi connectivity index (χ3v) is 3.66. The van der Waals surface area contributed by atoms with Gasteiger partial charge in [-0.3, -0.25) is 4.57 Å². The van der Waals surface area contributed by atoms with Gasteiger partial charge in [0.25, 0.3) is 0 Å². The van der Waals surface area contributed by atoms with Gasteiger partial charge in [0, 0.05) is 6.20 Å². The summed E-state index contributed by atoms with van der Waals surface area (Å²) in [4.78, 5) is 20.1. The summed E-state index contributed by atoms with van der Waals surface area (Å²) in [6.07, 6.45) is 4.50. The Labute approximate surface area is 112 Å². The van der Waals surface area contributed by atoms with Crippen LogP contribution in [0.15, 0.2) is 49.1 Å². The number of thiazole rings is 1. The summed E-state index contributed by atoms with van der Waals surface area (Å²) in [7, 11) is 0. The van der Waals surface area contributed by atoms with Crippen molar-refractivity contribution in [2.45, 2.75) is 0 Å². The molecule has 1 aromatic carbocycles. The number of carboxylic acid groups (broad SMARTS) is 1. The molecular formula is C13H9N3O2S. The molecule has 0 saturated heterocycles. The number of carboxylic acids is 1. The summed E-state index contributed by atoms with van der Waals surface area (Å²) in [5, 5.41) is 9.65. The van der Waals surface area contributed by atoms with E-state index in [1.54, 1.807) is 6.20 Å². The Morgan fingerprint density at radius 2 is 2.00 bits per heavy atom. The number of rotatable bonds is 3. The molecule has 0 atom stereocenters. The molecule has 2 heterocycles. The highest BCUT2D eigenvalue weighted by atomic mass is 32.1. The molecule has 0 aliphatic carbocycles. The van der Waals surface area contributed by atoms with Gasteiger partial charge in [-0.25, -0.2) is 14.8 Å². The Bertz CT molecular complexity index is 718. The minimum absolute atomic E-state index is 0.106. The number of benzene rings is 1. The molecule has 0 radical (unpaired) electrons. The SMILES string of the molecule is O=C(O)c1cncn1-c1ncc(-c2ccccc2)s1. The maximum Gasteiger partial charge on any atom is 0.354 e. The van der Waals surface area contributed by atoms with E-state index in [2.05, 4.69) is 9.97 Å². The highest BCUT2D eigenvalue weighted by molar-refractivity contribution is 7.17. The van der Waals surface area contributed by atoms with Crippen LogP contribution in [0.1, 0.15) is 10.5 Å². The van der Waals surface area contributed by atoms with E-state index in [4.69, 9.17) is 5.11 Å². The van der Waals surface area contributed by atoms with Gasteiger partial charge in [0.05, 0.1) is 11.1 Å². The fourth-order valence-electron chi connectivity index (χ4n) is 1.72. The van der Waals surface area contributed by atoms with E-state index in [9.17, 15) is 4.79 Å². The van der Waals surface area contributed by atoms with Crippen LogP contribution in [0, 0.1) is 0 Å². The monoisotopic (exact) mass is 271 g/mol. The van der Waals surface area contributed by atoms with Crippen LogP contribution < -0.4 is 0 Å². The Balaban J connectivity index is 2.02. The molecule has 5 nitrogen and oxygen atoms in total. The zero-order valence-corrected chi connectivity index (χ0v) is 10.5. The second kappa shape index (κ2) is 4.66. The minimum atomic E-state index is -1.02. The highest BCUT2D eigenvalue weighted by Gasteiger charge is 2.14. The number of aromatic carboxylic acids is 1. The molecule has 0 bridgehead atoms. The predicted molar refractivity (Wildman–Crippen MR) is 71.6 cm³/mol. The van der Waals surface area contributed by atoms with Crippen molar-refractivity contribution in [3.05, 3.63) is 54.7 Å². The first-order chi connectivity index (χ1) is 9.25. The zero-order chi connectivity index (χ0) is 13.2. The van der Waals surface area contributed by atoms with Crippen molar-refractivity contribution in [3.63, 3.8) is 0 Å². The third kappa shape index (κ3) is 2.13. The molecule has 0 saturated carbocycles. The Morgan fingerprint density at radius 1 is 1.21 bits per heavy atom. The first-order valence-electron chi connectivity index (χ1n) is 5.53. The summed E-state index contributed by atoms with van der Waals surface area (Å²) >= 11 is 1.42. The number of hydrogen-bond acceptors (Lipinski definition) is 4. The van der Waals surface area contributed by atoms with Gasteiger partial charge in [-0.15, -0.1) is 0 Å². The van der Waals surface area contributed by atoms with E-state index in [1.807, 2.05) is 30.3 Å². The summed E-state index contributed by atoms with van der Waals surface area (Å²) in [5.74, 6) is -1.02. The van der Waals surface area contributed by atoms with Crippen molar-refractivity contribution in [2.24, 2.45) is 0 Å². The molecule has 3 aromatic rings. The number of nitrogens with zero attached hydrogens (tertiary/aromatic N) is 3. The van der Waals surface area contributed by atoms with Crippen LogP contribution in [0.5, 0.6) is 0 Å². The molecule has 0 spiro atoms. The van der Waals surface area contributed by atoms with E-state index in [-0.39, 0.29) is 5.69 Å². The standard InChI is InChI=1S/C13H9N3O2S/c17-12(18)10-6-14-8-16(10)13-15-7-11(19-13)9-4-2-1-3-5-9/h1-8H,(H,17,18). The third-order valence-electron chi connectivity index (χ3n) is 2.62. The molecule has 0 unspecified atom stereocenters. The van der Waals surface area contributed by atoms with Crippen molar-refractivity contribution in [1.82, 2.24) is 14.5 Å². The van der Waals surface area contributed by atoms with Crippen LogP contribution in [-0.4, -0.2) is 25.6 Å². The van der Waals surface area contributed by atoms with Crippen LogP contribution in [0.4, 0.5) is 0 Å². The Hall–Kier alpha value is -2.47. The van der Waals surface area contributed by atoms with Crippen molar-refractivity contribution in [3.8, 4) is 15.6 Å². The molecule has 3 rings (SSSR count). The van der Waals surface area contributed by atoms with E-state index >= 15 is 0 Å². The minimum Gasteiger partial charge on any atom is -0.477 e. The predicted octanol–water partition coefficient (Wildman–Crippen LogP) is 2.69. The van der Waals surface area contributed by atoms with Gasteiger partial charge < -0.3 is 5.11 Å². The van der Waals surface area contributed by atoms with Crippen LogP contribution in [0.25, 0.3) is 15.6 Å². The quantitative estimate of drug-likeness (QED) is 0.795. The Kier molecular flexibility index (Phi) is 2.85. The molecule has 0 fully saturated rings. The smallest absolute Gasteiger partial charge is 0.354 e. The molecule has 0 aliphatic rings. The van der Waals surface area contributed by atoms with Crippen molar-refractivity contribution in [2.75, 3.05) is 0 Å². The molecule has 0 aliphatic heterocycles. The van der Waals surface area contributed by atoms with Gasteiger partial charge in [0.15, 0.2) is 10.8 Å². The largest absolute Gasteiger partial charge is 0.477 e. The average molecular weight is 271 g/mol. The van der Waals surface area contributed by atoms with Crippen molar-refractivity contribution < 1.29 is 9.90 Å². The van der Waals surface area contributed by atoms with Crippen LogP contribution in [-0.2, 0) is 0 Å². The lowest BCUT2D eigenvalue weighted by Crippen LogP contribution is -2.04. The van der Waals surface area contributed by atoms with Crippen LogP contribution in [0.2, 0.25) is 0 Å². The molecular weight excluding hydrogens is 262 g/mol. The van der Waals surface area contributed by atoms with E-state index in [0.717, 1.165) is 10.4 Å². The van der Waals surface area contributed by atoms with Crippen LogP contribution in [0.3, 0.4) is 0 Å². The number of aromatic nitrogens is 3. The molecule has 2 aromatic heterocycles. The van der Waals surface area contributed by atoms with Crippen molar-refractivity contribution >= 4 is 17.3 Å². The summed E-state index contributed by atoms with van der Waals surface area (Å²) in [6.45, 7) is 0. The van der Waals surface area contributed by atoms with Gasteiger partial charge in [0.1, 0.15) is 6.33 Å². The number of hydrogen-bond donors (Lipinski definition) is 1. The molecule has 94 valence electrons. The number of carbonyl (C=O) groups is 1. The fraction of sp³-hybridized carbons (Fsp3) is 0. The van der Waals surface area contributed by atoms with E-state index < -0.39 is 5.97 Å². The van der Waals surface area contributed by atoms with Gasteiger partial charge in [-0.1, -0.05) is 41.7 Å². The maximum absolute atomic E-state index is 11.0. The molecule has 19 heavy (non-hydrogen) atoms. The fourth-order valence-corrected chi connectivity index (χ4v) is 2.62.